The van der Waals surface area contributed by atoms with Gasteiger partial charge in [0.2, 0.25) is 0 Å². The van der Waals surface area contributed by atoms with E-state index in [1.807, 2.05) is 33.8 Å². The summed E-state index contributed by atoms with van der Waals surface area (Å²) in [6.45, 7) is 7.96. The molecule has 1 atom stereocenters. The molecule has 0 aliphatic rings. The molecule has 0 saturated heterocycles. The van der Waals surface area contributed by atoms with Crippen molar-refractivity contribution in [2.75, 3.05) is 0 Å². The maximum Gasteiger partial charge on any atom is 0.304 e. The van der Waals surface area contributed by atoms with E-state index in [1.165, 1.54) is 0 Å². The van der Waals surface area contributed by atoms with Crippen LogP contribution in [-0.4, -0.2) is 11.1 Å². The summed E-state index contributed by atoms with van der Waals surface area (Å²) >= 11 is 0. The molecule has 0 saturated carbocycles. The first-order valence-electron chi connectivity index (χ1n) is 4.67. The van der Waals surface area contributed by atoms with Crippen LogP contribution in [0.15, 0.2) is 0 Å². The Balaban J connectivity index is 0. The first kappa shape index (κ1) is 14.5. The van der Waals surface area contributed by atoms with Crippen LogP contribution in [0.3, 0.4) is 0 Å². The fourth-order valence-corrected chi connectivity index (χ4v) is 0.962. The largest absolute Gasteiger partial charge is 0.481 e. The van der Waals surface area contributed by atoms with Crippen LogP contribution in [0, 0.1) is 23.2 Å². The minimum Gasteiger partial charge on any atom is -0.481 e. The molecule has 0 aromatic carbocycles. The first-order chi connectivity index (χ1) is 6.06. The van der Waals surface area contributed by atoms with E-state index in [2.05, 4.69) is 0 Å². The van der Waals surface area contributed by atoms with Gasteiger partial charge in [0.1, 0.15) is 0 Å². The zero-order valence-electron chi connectivity index (χ0n) is 8.87. The van der Waals surface area contributed by atoms with Crippen molar-refractivity contribution in [2.24, 2.45) is 11.8 Å². The van der Waals surface area contributed by atoms with Crippen LogP contribution in [0.2, 0.25) is 0 Å². The summed E-state index contributed by atoms with van der Waals surface area (Å²) in [4.78, 5) is 10.2. The molecule has 0 aromatic heterocycles. The highest BCUT2D eigenvalue weighted by Crippen LogP contribution is 2.13. The van der Waals surface area contributed by atoms with E-state index in [-0.39, 0.29) is 12.3 Å². The molecule has 0 amide bonds. The highest BCUT2D eigenvalue weighted by Gasteiger charge is 2.13. The third-order valence-electron chi connectivity index (χ3n) is 1.36. The molecule has 0 spiro atoms. The van der Waals surface area contributed by atoms with Gasteiger partial charge in [0.15, 0.2) is 0 Å². The van der Waals surface area contributed by atoms with Crippen LogP contribution in [0.5, 0.6) is 0 Å². The standard InChI is InChI=1S/C8H13NO2.C2H6/c1-6(2)3-7(5-9)4-8(10)11;1-2/h6-7H,3-4H2,1-2H3,(H,10,11);1-2H3. The van der Waals surface area contributed by atoms with Gasteiger partial charge >= 0.3 is 5.97 Å². The van der Waals surface area contributed by atoms with Crippen LogP contribution in [-0.2, 0) is 4.79 Å². The van der Waals surface area contributed by atoms with E-state index in [1.54, 1.807) is 0 Å². The summed E-state index contributed by atoms with van der Waals surface area (Å²) < 4.78 is 0. The van der Waals surface area contributed by atoms with Crippen LogP contribution in [0.25, 0.3) is 0 Å². The molecule has 0 heterocycles. The second kappa shape index (κ2) is 9.05. The molecule has 0 rings (SSSR count). The van der Waals surface area contributed by atoms with Gasteiger partial charge in [0, 0.05) is 0 Å². The molecule has 3 heteroatoms. The van der Waals surface area contributed by atoms with Gasteiger partial charge in [-0.25, -0.2) is 0 Å². The van der Waals surface area contributed by atoms with Gasteiger partial charge in [-0.05, 0) is 12.3 Å². The third kappa shape index (κ3) is 11.0. The first-order valence-corrected chi connectivity index (χ1v) is 4.67. The van der Waals surface area contributed by atoms with E-state index in [9.17, 15) is 4.79 Å². The minimum atomic E-state index is -0.891. The monoisotopic (exact) mass is 185 g/mol. The number of nitriles is 1. The van der Waals surface area contributed by atoms with Crippen LogP contribution in [0.1, 0.15) is 40.5 Å². The highest BCUT2D eigenvalue weighted by atomic mass is 16.4. The number of carboxylic acids is 1. The second-order valence-corrected chi connectivity index (χ2v) is 3.05. The molecule has 0 bridgehead atoms. The Bertz CT molecular complexity index is 170. The summed E-state index contributed by atoms with van der Waals surface area (Å²) in [6.07, 6.45) is 0.636. The normalized spacial score (nSPS) is 11.1. The van der Waals surface area contributed by atoms with E-state index in [4.69, 9.17) is 10.4 Å². The van der Waals surface area contributed by atoms with Gasteiger partial charge in [-0.1, -0.05) is 27.7 Å². The van der Waals surface area contributed by atoms with Crippen LogP contribution < -0.4 is 0 Å². The van der Waals surface area contributed by atoms with Crippen molar-refractivity contribution in [1.29, 1.82) is 5.26 Å². The highest BCUT2D eigenvalue weighted by molar-refractivity contribution is 5.67. The molecule has 0 fully saturated rings. The molecule has 3 nitrogen and oxygen atoms in total. The maximum atomic E-state index is 10.2. The summed E-state index contributed by atoms with van der Waals surface area (Å²) in [5, 5.41) is 16.9. The molecule has 1 unspecified atom stereocenters. The smallest absolute Gasteiger partial charge is 0.304 e. The van der Waals surface area contributed by atoms with Crippen molar-refractivity contribution in [3.05, 3.63) is 0 Å². The summed E-state index contributed by atoms with van der Waals surface area (Å²) in [5.41, 5.74) is 0. The Morgan fingerprint density at radius 2 is 1.92 bits per heavy atom. The predicted molar refractivity (Wildman–Crippen MR) is 52.2 cm³/mol. The predicted octanol–water partition coefficient (Wildman–Crippen LogP) is 2.67. The van der Waals surface area contributed by atoms with E-state index in [0.29, 0.717) is 12.3 Å². The molecular formula is C10H19NO2. The quantitative estimate of drug-likeness (QED) is 0.732. The lowest BCUT2D eigenvalue weighted by Gasteiger charge is -2.07. The van der Waals surface area contributed by atoms with E-state index in [0.717, 1.165) is 0 Å². The number of carboxylic acid groups (broad SMARTS) is 1. The van der Waals surface area contributed by atoms with Gasteiger partial charge in [-0.2, -0.15) is 5.26 Å². The van der Waals surface area contributed by atoms with Gasteiger partial charge < -0.3 is 5.11 Å². The SMILES string of the molecule is CC.CC(C)CC(C#N)CC(=O)O. The number of rotatable bonds is 4. The lowest BCUT2D eigenvalue weighted by molar-refractivity contribution is -0.137. The fraction of sp³-hybridized carbons (Fsp3) is 0.800. The number of hydrogen-bond donors (Lipinski definition) is 1. The lowest BCUT2D eigenvalue weighted by Crippen LogP contribution is -2.08. The summed E-state index contributed by atoms with van der Waals surface area (Å²) in [7, 11) is 0. The van der Waals surface area contributed by atoms with Crippen LogP contribution >= 0.6 is 0 Å². The van der Waals surface area contributed by atoms with Crippen LogP contribution in [0.4, 0.5) is 0 Å². The van der Waals surface area contributed by atoms with Crippen molar-refractivity contribution in [1.82, 2.24) is 0 Å². The maximum absolute atomic E-state index is 10.2. The zero-order chi connectivity index (χ0) is 10.9. The topological polar surface area (TPSA) is 61.1 Å². The number of carbonyl (C=O) groups is 1. The Kier molecular flexibility index (Phi) is 10.1. The molecule has 0 aliphatic carbocycles. The van der Waals surface area contributed by atoms with E-state index < -0.39 is 5.97 Å². The van der Waals surface area contributed by atoms with Crippen molar-refractivity contribution in [3.63, 3.8) is 0 Å². The molecule has 0 aromatic rings. The van der Waals surface area contributed by atoms with E-state index >= 15 is 0 Å². The Labute approximate surface area is 80.4 Å². The Morgan fingerprint density at radius 1 is 1.46 bits per heavy atom. The lowest BCUT2D eigenvalue weighted by atomic mass is 9.96. The number of hydrogen-bond acceptors (Lipinski definition) is 2. The molecule has 0 radical (unpaired) electrons. The zero-order valence-corrected chi connectivity index (χ0v) is 8.87. The van der Waals surface area contributed by atoms with Gasteiger partial charge in [0.05, 0.1) is 18.4 Å². The van der Waals surface area contributed by atoms with Crippen molar-refractivity contribution >= 4 is 5.97 Å². The summed E-state index contributed by atoms with van der Waals surface area (Å²) in [5.74, 6) is -0.830. The number of nitrogens with zero attached hydrogens (tertiary/aromatic N) is 1. The van der Waals surface area contributed by atoms with Crippen molar-refractivity contribution in [3.8, 4) is 6.07 Å². The average molecular weight is 185 g/mol. The molecule has 13 heavy (non-hydrogen) atoms. The fourth-order valence-electron chi connectivity index (χ4n) is 0.962. The Hall–Kier alpha value is -1.04. The van der Waals surface area contributed by atoms with Gasteiger partial charge in [0.25, 0.3) is 0 Å². The molecule has 1 N–H and O–H groups in total. The van der Waals surface area contributed by atoms with Gasteiger partial charge in [-0.3, -0.25) is 4.79 Å². The average Bonchev–Trinajstić information content (AvgIpc) is 2.05. The molecular weight excluding hydrogens is 166 g/mol. The molecule has 0 aliphatic heterocycles. The minimum absolute atomic E-state index is 0.0331. The second-order valence-electron chi connectivity index (χ2n) is 3.05. The van der Waals surface area contributed by atoms with Crippen molar-refractivity contribution < 1.29 is 9.90 Å². The summed E-state index contributed by atoms with van der Waals surface area (Å²) in [6, 6.07) is 1.98. The molecule has 76 valence electrons. The third-order valence-corrected chi connectivity index (χ3v) is 1.36. The van der Waals surface area contributed by atoms with Crippen molar-refractivity contribution in [2.45, 2.75) is 40.5 Å². The Morgan fingerprint density at radius 3 is 2.15 bits per heavy atom. The van der Waals surface area contributed by atoms with Gasteiger partial charge in [-0.15, -0.1) is 0 Å². The number of aliphatic carboxylic acids is 1.